The Morgan fingerprint density at radius 2 is 2.12 bits per heavy atom. The minimum Gasteiger partial charge on any atom is -0.399 e. The van der Waals surface area contributed by atoms with Gasteiger partial charge in [-0.1, -0.05) is 6.07 Å². The summed E-state index contributed by atoms with van der Waals surface area (Å²) in [5.74, 6) is 0.527. The predicted octanol–water partition coefficient (Wildman–Crippen LogP) is 3.48. The second-order valence-electron chi connectivity index (χ2n) is 7.45. The van der Waals surface area contributed by atoms with Crippen LogP contribution >= 0.6 is 0 Å². The number of amides is 1. The third-order valence-electron chi connectivity index (χ3n) is 5.99. The highest BCUT2D eigenvalue weighted by Crippen LogP contribution is 2.41. The van der Waals surface area contributed by atoms with Gasteiger partial charge in [-0.2, -0.15) is 0 Å². The van der Waals surface area contributed by atoms with Crippen molar-refractivity contribution < 1.29 is 4.79 Å². The van der Waals surface area contributed by atoms with Crippen molar-refractivity contribution in [1.82, 2.24) is 14.9 Å². The molecule has 0 saturated carbocycles. The van der Waals surface area contributed by atoms with Crippen LogP contribution in [0.2, 0.25) is 0 Å². The van der Waals surface area contributed by atoms with Crippen LogP contribution in [0.25, 0.3) is 11.0 Å². The number of fused-ring (bicyclic) bond motifs is 4. The number of hydrogen-bond acceptors (Lipinski definition) is 3. The molecule has 0 radical (unpaired) electrons. The lowest BCUT2D eigenvalue weighted by atomic mass is 9.74. The van der Waals surface area contributed by atoms with E-state index in [0.717, 1.165) is 54.5 Å². The molecule has 2 aromatic carbocycles. The lowest BCUT2D eigenvalue weighted by molar-refractivity contribution is 0.0547. The summed E-state index contributed by atoms with van der Waals surface area (Å²) in [6.45, 7) is 0.832. The zero-order valence-electron chi connectivity index (χ0n) is 14.6. The van der Waals surface area contributed by atoms with Gasteiger partial charge in [-0.05, 0) is 67.1 Å². The molecule has 5 rings (SSSR count). The topological polar surface area (TPSA) is 75.0 Å². The highest BCUT2D eigenvalue weighted by Gasteiger charge is 2.38. The molecule has 5 heteroatoms. The minimum atomic E-state index is 0.128. The molecule has 2 aliphatic rings. The van der Waals surface area contributed by atoms with Gasteiger partial charge in [-0.3, -0.25) is 4.79 Å². The first-order valence-electron chi connectivity index (χ1n) is 9.33. The maximum Gasteiger partial charge on any atom is 0.254 e. The molecule has 5 nitrogen and oxygen atoms in total. The largest absolute Gasteiger partial charge is 0.399 e. The zero-order chi connectivity index (χ0) is 17.7. The van der Waals surface area contributed by atoms with Gasteiger partial charge in [-0.15, -0.1) is 0 Å². The second kappa shape index (κ2) is 5.87. The number of piperidine rings is 1. The average molecular weight is 346 g/mol. The molecular weight excluding hydrogens is 324 g/mol. The van der Waals surface area contributed by atoms with Gasteiger partial charge in [-0.25, -0.2) is 4.98 Å². The summed E-state index contributed by atoms with van der Waals surface area (Å²) in [5.41, 5.74) is 12.1. The van der Waals surface area contributed by atoms with E-state index in [9.17, 15) is 4.79 Å². The van der Waals surface area contributed by atoms with Crippen LogP contribution in [0.3, 0.4) is 0 Å². The van der Waals surface area contributed by atoms with Crippen molar-refractivity contribution >= 4 is 22.6 Å². The van der Waals surface area contributed by atoms with Gasteiger partial charge in [0.25, 0.3) is 5.91 Å². The van der Waals surface area contributed by atoms with Gasteiger partial charge in [0.1, 0.15) is 0 Å². The monoisotopic (exact) mass is 346 g/mol. The Balaban J connectivity index is 1.48. The summed E-state index contributed by atoms with van der Waals surface area (Å²) < 4.78 is 0. The van der Waals surface area contributed by atoms with Crippen molar-refractivity contribution in [2.45, 2.75) is 37.6 Å². The molecular formula is C21H22N4O. The molecule has 0 bridgehead atoms. The number of aryl methyl sites for hydroxylation is 1. The van der Waals surface area contributed by atoms with Crippen LogP contribution < -0.4 is 5.73 Å². The molecule has 1 aliphatic heterocycles. The van der Waals surface area contributed by atoms with Gasteiger partial charge in [0.2, 0.25) is 0 Å². The molecule has 1 fully saturated rings. The van der Waals surface area contributed by atoms with E-state index < -0.39 is 0 Å². The van der Waals surface area contributed by atoms with E-state index in [-0.39, 0.29) is 11.9 Å². The molecule has 3 aromatic rings. The van der Waals surface area contributed by atoms with Crippen molar-refractivity contribution in [2.75, 3.05) is 12.3 Å². The zero-order valence-corrected chi connectivity index (χ0v) is 14.6. The molecule has 3 N–H and O–H groups in total. The number of benzene rings is 2. The third-order valence-corrected chi connectivity index (χ3v) is 5.99. The van der Waals surface area contributed by atoms with Crippen LogP contribution in [0, 0.1) is 0 Å². The number of aromatic nitrogens is 2. The number of rotatable bonds is 1. The smallest absolute Gasteiger partial charge is 0.254 e. The van der Waals surface area contributed by atoms with Crippen molar-refractivity contribution in [3.8, 4) is 0 Å². The molecule has 1 amide bonds. The fraction of sp³-hybridized carbons (Fsp3) is 0.333. The molecule has 0 spiro atoms. The van der Waals surface area contributed by atoms with Gasteiger partial charge in [0.15, 0.2) is 0 Å². The number of nitrogens with zero attached hydrogens (tertiary/aromatic N) is 2. The number of carbonyl (C=O) groups excluding carboxylic acids is 1. The van der Waals surface area contributed by atoms with Crippen molar-refractivity contribution in [1.29, 1.82) is 0 Å². The molecule has 2 unspecified atom stereocenters. The summed E-state index contributed by atoms with van der Waals surface area (Å²) in [5, 5.41) is 0. The average Bonchev–Trinajstić information content (AvgIpc) is 3.14. The number of nitrogen functional groups attached to an aromatic ring is 1. The van der Waals surface area contributed by atoms with E-state index in [1.165, 1.54) is 11.1 Å². The molecule has 132 valence electrons. The number of carbonyl (C=O) groups is 1. The van der Waals surface area contributed by atoms with E-state index in [1.807, 2.05) is 24.3 Å². The van der Waals surface area contributed by atoms with Crippen molar-refractivity contribution in [3.63, 3.8) is 0 Å². The number of H-pyrrole nitrogens is 1. The highest BCUT2D eigenvalue weighted by molar-refractivity contribution is 5.97. The SMILES string of the molecule is Nc1ccc2c(c1)C1CCCN(C(=O)c3ccc4nc[nH]c4c3)C1CC2. The summed E-state index contributed by atoms with van der Waals surface area (Å²) in [6, 6.07) is 12.3. The lowest BCUT2D eigenvalue weighted by Crippen LogP contribution is -2.49. The maximum atomic E-state index is 13.3. The van der Waals surface area contributed by atoms with Crippen molar-refractivity contribution in [2.24, 2.45) is 0 Å². The van der Waals surface area contributed by atoms with Crippen molar-refractivity contribution in [3.05, 3.63) is 59.4 Å². The fourth-order valence-corrected chi connectivity index (χ4v) is 4.75. The number of nitrogens with one attached hydrogen (secondary N) is 1. The van der Waals surface area contributed by atoms with Crippen LogP contribution in [0.5, 0.6) is 0 Å². The Morgan fingerprint density at radius 1 is 1.19 bits per heavy atom. The van der Waals surface area contributed by atoms with Gasteiger partial charge >= 0.3 is 0 Å². The van der Waals surface area contributed by atoms with E-state index in [4.69, 9.17) is 5.73 Å². The summed E-state index contributed by atoms with van der Waals surface area (Å²) in [6.07, 6.45) is 5.87. The number of imidazole rings is 1. The molecule has 1 aromatic heterocycles. The maximum absolute atomic E-state index is 13.3. The summed E-state index contributed by atoms with van der Waals surface area (Å²) in [4.78, 5) is 22.7. The number of aromatic amines is 1. The van der Waals surface area contributed by atoms with Gasteiger partial charge < -0.3 is 15.6 Å². The third kappa shape index (κ3) is 2.38. The molecule has 2 atom stereocenters. The first-order chi connectivity index (χ1) is 12.7. The van der Waals surface area contributed by atoms with Gasteiger partial charge in [0.05, 0.1) is 17.4 Å². The fourth-order valence-electron chi connectivity index (χ4n) is 4.75. The minimum absolute atomic E-state index is 0.128. The van der Waals surface area contributed by atoms with Crippen LogP contribution in [0.4, 0.5) is 5.69 Å². The van der Waals surface area contributed by atoms with E-state index >= 15 is 0 Å². The molecule has 26 heavy (non-hydrogen) atoms. The Kier molecular flexibility index (Phi) is 3.48. The predicted molar refractivity (Wildman–Crippen MR) is 102 cm³/mol. The van der Waals surface area contributed by atoms with Crippen LogP contribution in [0.15, 0.2) is 42.7 Å². The summed E-state index contributed by atoms with van der Waals surface area (Å²) in [7, 11) is 0. The van der Waals surface area contributed by atoms with Gasteiger partial charge in [0, 0.05) is 29.8 Å². The first kappa shape index (κ1) is 15.4. The summed E-state index contributed by atoms with van der Waals surface area (Å²) >= 11 is 0. The van der Waals surface area contributed by atoms with E-state index in [0.29, 0.717) is 5.92 Å². The standard InChI is InChI=1S/C21H22N4O/c22-15-6-3-13-5-8-20-16(17(13)11-15)2-1-9-25(20)21(26)14-4-7-18-19(10-14)24-12-23-18/h3-4,6-7,10-12,16,20H,1-2,5,8-9,22H2,(H,23,24). The lowest BCUT2D eigenvalue weighted by Gasteiger charge is -2.45. The Labute approximate surface area is 152 Å². The number of hydrogen-bond donors (Lipinski definition) is 2. The molecule has 1 saturated heterocycles. The Hall–Kier alpha value is -2.82. The number of anilines is 1. The van der Waals surface area contributed by atoms with E-state index in [2.05, 4.69) is 27.0 Å². The Bertz CT molecular complexity index is 993. The molecule has 2 heterocycles. The molecule has 1 aliphatic carbocycles. The second-order valence-corrected chi connectivity index (χ2v) is 7.45. The van der Waals surface area contributed by atoms with Crippen LogP contribution in [-0.4, -0.2) is 33.4 Å². The number of likely N-dealkylation sites (tertiary alicyclic amines) is 1. The highest BCUT2D eigenvalue weighted by atomic mass is 16.2. The normalized spacial score (nSPS) is 22.1. The van der Waals surface area contributed by atoms with Crippen LogP contribution in [0.1, 0.15) is 46.7 Å². The quantitative estimate of drug-likeness (QED) is 0.663. The van der Waals surface area contributed by atoms with Crippen LogP contribution in [-0.2, 0) is 6.42 Å². The first-order valence-corrected chi connectivity index (χ1v) is 9.33. The number of nitrogens with two attached hydrogens (primary N) is 1. The Morgan fingerprint density at radius 3 is 3.04 bits per heavy atom. The van der Waals surface area contributed by atoms with E-state index in [1.54, 1.807) is 6.33 Å².